The molecule has 1 aliphatic carbocycles. The van der Waals surface area contributed by atoms with Gasteiger partial charge in [0.05, 0.1) is 17.4 Å². The molecule has 0 aromatic heterocycles. The van der Waals surface area contributed by atoms with Gasteiger partial charge in [0.2, 0.25) is 0 Å². The van der Waals surface area contributed by atoms with E-state index in [0.717, 1.165) is 0 Å². The van der Waals surface area contributed by atoms with Crippen molar-refractivity contribution in [3.05, 3.63) is 0 Å². The first-order chi connectivity index (χ1) is 4.10. The van der Waals surface area contributed by atoms with Crippen LogP contribution >= 0.6 is 0 Å². The molecular weight excluding hydrogens is 118 g/mol. The Labute approximate surface area is 52.9 Å². The second kappa shape index (κ2) is 1.47. The van der Waals surface area contributed by atoms with Crippen molar-refractivity contribution in [2.24, 2.45) is 11.3 Å². The standard InChI is InChI=1S/C6H7NO2/c1-6(3-7)2-4(6)5(8)9/h4H,2H2,1H3,(H,8,9)/t4-,6-/m0/s1. The van der Waals surface area contributed by atoms with Crippen LogP contribution in [-0.4, -0.2) is 11.1 Å². The van der Waals surface area contributed by atoms with Gasteiger partial charge >= 0.3 is 5.97 Å². The minimum absolute atomic E-state index is 0.414. The molecule has 0 aromatic rings. The Bertz CT molecular complexity index is 194. The zero-order chi connectivity index (χ0) is 7.07. The summed E-state index contributed by atoms with van der Waals surface area (Å²) in [5, 5.41) is 16.7. The largest absolute Gasteiger partial charge is 0.481 e. The lowest BCUT2D eigenvalue weighted by atomic mass is 10.1. The summed E-state index contributed by atoms with van der Waals surface area (Å²) in [5.74, 6) is -1.26. The third-order valence-corrected chi connectivity index (χ3v) is 1.79. The molecule has 9 heavy (non-hydrogen) atoms. The van der Waals surface area contributed by atoms with E-state index in [1.54, 1.807) is 6.92 Å². The van der Waals surface area contributed by atoms with E-state index in [2.05, 4.69) is 0 Å². The molecule has 3 heteroatoms. The molecule has 0 aliphatic heterocycles. The van der Waals surface area contributed by atoms with Gasteiger partial charge in [0.25, 0.3) is 0 Å². The molecule has 0 aromatic carbocycles. The molecular formula is C6H7NO2. The lowest BCUT2D eigenvalue weighted by Gasteiger charge is -1.91. The van der Waals surface area contributed by atoms with Gasteiger partial charge in [0, 0.05) is 0 Å². The molecule has 0 spiro atoms. The summed E-state index contributed by atoms with van der Waals surface area (Å²) >= 11 is 0. The number of nitriles is 1. The second-order valence-electron chi connectivity index (χ2n) is 2.62. The van der Waals surface area contributed by atoms with Gasteiger partial charge in [-0.1, -0.05) is 0 Å². The summed E-state index contributed by atoms with van der Waals surface area (Å²) < 4.78 is 0. The lowest BCUT2D eigenvalue weighted by molar-refractivity contribution is -0.139. The highest BCUT2D eigenvalue weighted by Gasteiger charge is 2.55. The van der Waals surface area contributed by atoms with Crippen LogP contribution in [0.4, 0.5) is 0 Å². The van der Waals surface area contributed by atoms with Crippen LogP contribution in [0.15, 0.2) is 0 Å². The Balaban J connectivity index is 2.61. The van der Waals surface area contributed by atoms with Gasteiger partial charge in [-0.15, -0.1) is 0 Å². The van der Waals surface area contributed by atoms with Crippen molar-refractivity contribution in [1.82, 2.24) is 0 Å². The summed E-state index contributed by atoms with van der Waals surface area (Å²) in [7, 11) is 0. The minimum Gasteiger partial charge on any atom is -0.481 e. The van der Waals surface area contributed by atoms with E-state index in [9.17, 15) is 4.79 Å². The van der Waals surface area contributed by atoms with E-state index in [4.69, 9.17) is 10.4 Å². The third-order valence-electron chi connectivity index (χ3n) is 1.79. The van der Waals surface area contributed by atoms with Gasteiger partial charge in [0.15, 0.2) is 0 Å². The quantitative estimate of drug-likeness (QED) is 0.558. The maximum Gasteiger partial charge on any atom is 0.308 e. The normalized spacial score (nSPS) is 39.3. The van der Waals surface area contributed by atoms with Crippen molar-refractivity contribution in [3.63, 3.8) is 0 Å². The molecule has 1 N–H and O–H groups in total. The van der Waals surface area contributed by atoms with Crippen LogP contribution in [0.5, 0.6) is 0 Å². The monoisotopic (exact) mass is 125 g/mol. The van der Waals surface area contributed by atoms with Crippen LogP contribution in [0.1, 0.15) is 13.3 Å². The highest BCUT2D eigenvalue weighted by Crippen LogP contribution is 2.51. The number of carboxylic acid groups (broad SMARTS) is 1. The van der Waals surface area contributed by atoms with Gasteiger partial charge in [-0.2, -0.15) is 5.26 Å². The van der Waals surface area contributed by atoms with Gasteiger partial charge in [-0.3, -0.25) is 4.79 Å². The minimum atomic E-state index is -0.848. The van der Waals surface area contributed by atoms with Gasteiger partial charge in [0.1, 0.15) is 0 Å². The number of carboxylic acids is 1. The Morgan fingerprint density at radius 1 is 2.00 bits per heavy atom. The number of hydrogen-bond donors (Lipinski definition) is 1. The Hall–Kier alpha value is -1.04. The number of hydrogen-bond acceptors (Lipinski definition) is 2. The zero-order valence-electron chi connectivity index (χ0n) is 5.09. The Morgan fingerprint density at radius 3 is 2.67 bits per heavy atom. The number of carbonyl (C=O) groups is 1. The highest BCUT2D eigenvalue weighted by atomic mass is 16.4. The molecule has 2 atom stereocenters. The topological polar surface area (TPSA) is 61.1 Å². The first kappa shape index (κ1) is 6.09. The second-order valence-corrected chi connectivity index (χ2v) is 2.62. The fourth-order valence-electron chi connectivity index (χ4n) is 0.849. The molecule has 0 bridgehead atoms. The number of rotatable bonds is 1. The number of nitrogens with zero attached hydrogens (tertiary/aromatic N) is 1. The Morgan fingerprint density at radius 2 is 2.56 bits per heavy atom. The summed E-state index contributed by atoms with van der Waals surface area (Å²) in [5.41, 5.74) is -0.564. The molecule has 1 saturated carbocycles. The maximum atomic E-state index is 10.2. The molecule has 0 heterocycles. The van der Waals surface area contributed by atoms with E-state index < -0.39 is 17.3 Å². The van der Waals surface area contributed by atoms with Crippen molar-refractivity contribution < 1.29 is 9.90 Å². The van der Waals surface area contributed by atoms with E-state index in [-0.39, 0.29) is 0 Å². The molecule has 1 fully saturated rings. The zero-order valence-corrected chi connectivity index (χ0v) is 5.09. The average molecular weight is 125 g/mol. The SMILES string of the molecule is C[C@@]1(C#N)C[C@H]1C(=O)O. The molecule has 48 valence electrons. The van der Waals surface area contributed by atoms with Crippen molar-refractivity contribution in [1.29, 1.82) is 5.26 Å². The van der Waals surface area contributed by atoms with Crippen LogP contribution in [0.25, 0.3) is 0 Å². The average Bonchev–Trinajstić information content (AvgIpc) is 2.44. The number of aliphatic carboxylic acids is 1. The summed E-state index contributed by atoms with van der Waals surface area (Å²) in [6, 6.07) is 1.97. The molecule has 0 amide bonds. The first-order valence-electron chi connectivity index (χ1n) is 2.74. The summed E-state index contributed by atoms with van der Waals surface area (Å²) in [4.78, 5) is 10.2. The predicted octanol–water partition coefficient (Wildman–Crippen LogP) is 0.621. The van der Waals surface area contributed by atoms with E-state index in [0.29, 0.717) is 6.42 Å². The van der Waals surface area contributed by atoms with Crippen molar-refractivity contribution in [2.45, 2.75) is 13.3 Å². The van der Waals surface area contributed by atoms with E-state index in [1.165, 1.54) is 0 Å². The first-order valence-corrected chi connectivity index (χ1v) is 2.74. The lowest BCUT2D eigenvalue weighted by Crippen LogP contribution is -2.04. The van der Waals surface area contributed by atoms with Crippen LogP contribution < -0.4 is 0 Å². The van der Waals surface area contributed by atoms with Gasteiger partial charge in [-0.25, -0.2) is 0 Å². The van der Waals surface area contributed by atoms with Gasteiger partial charge in [-0.05, 0) is 13.3 Å². The van der Waals surface area contributed by atoms with Crippen LogP contribution in [-0.2, 0) is 4.79 Å². The molecule has 0 unspecified atom stereocenters. The molecule has 0 saturated heterocycles. The molecule has 1 rings (SSSR count). The Kier molecular flexibility index (Phi) is 0.995. The summed E-state index contributed by atoms with van der Waals surface area (Å²) in [6.07, 6.45) is 0.513. The van der Waals surface area contributed by atoms with E-state index in [1.807, 2.05) is 6.07 Å². The van der Waals surface area contributed by atoms with Crippen LogP contribution in [0, 0.1) is 22.7 Å². The summed E-state index contributed by atoms with van der Waals surface area (Å²) in [6.45, 7) is 1.67. The smallest absolute Gasteiger partial charge is 0.308 e. The van der Waals surface area contributed by atoms with Gasteiger partial charge < -0.3 is 5.11 Å². The fourth-order valence-corrected chi connectivity index (χ4v) is 0.849. The van der Waals surface area contributed by atoms with Crippen LogP contribution in [0.3, 0.4) is 0 Å². The molecule has 0 radical (unpaired) electrons. The highest BCUT2D eigenvalue weighted by molar-refractivity contribution is 5.75. The molecule has 3 nitrogen and oxygen atoms in total. The predicted molar refractivity (Wildman–Crippen MR) is 29.5 cm³/mol. The van der Waals surface area contributed by atoms with Crippen molar-refractivity contribution >= 4 is 5.97 Å². The fraction of sp³-hybridized carbons (Fsp3) is 0.667. The molecule has 1 aliphatic rings. The van der Waals surface area contributed by atoms with Crippen molar-refractivity contribution in [2.75, 3.05) is 0 Å². The maximum absolute atomic E-state index is 10.2. The van der Waals surface area contributed by atoms with E-state index >= 15 is 0 Å². The third kappa shape index (κ3) is 0.765. The van der Waals surface area contributed by atoms with Crippen LogP contribution in [0.2, 0.25) is 0 Å². The van der Waals surface area contributed by atoms with Crippen molar-refractivity contribution in [3.8, 4) is 6.07 Å².